The molecule has 0 aliphatic heterocycles. The molecular formula is C27H32N6O6. The number of carbonyl (C=O) groups is 5. The number of aliphatic carboxylic acids is 1. The molecule has 1 aromatic heterocycles. The van der Waals surface area contributed by atoms with Crippen molar-refractivity contribution < 1.29 is 29.1 Å². The van der Waals surface area contributed by atoms with Gasteiger partial charge in [0.25, 0.3) is 0 Å². The topological polar surface area (TPSA) is 209 Å². The summed E-state index contributed by atoms with van der Waals surface area (Å²) < 4.78 is 0. The number of carboxylic acids is 1. The minimum absolute atomic E-state index is 0.0101. The number of hydrogen-bond acceptors (Lipinski definition) is 6. The third kappa shape index (κ3) is 8.14. The Morgan fingerprint density at radius 1 is 0.821 bits per heavy atom. The van der Waals surface area contributed by atoms with Crippen LogP contribution in [0, 0.1) is 0 Å². The normalized spacial score (nSPS) is 14.0. The number of aromatic nitrogens is 1. The molecule has 206 valence electrons. The number of para-hydroxylation sites is 1. The quantitative estimate of drug-likeness (QED) is 0.155. The molecule has 4 atom stereocenters. The fourth-order valence-electron chi connectivity index (χ4n) is 4.04. The highest BCUT2D eigenvalue weighted by Crippen LogP contribution is 2.19. The van der Waals surface area contributed by atoms with Crippen LogP contribution in [-0.4, -0.2) is 63.9 Å². The molecule has 2 aromatic carbocycles. The zero-order valence-corrected chi connectivity index (χ0v) is 21.3. The molecule has 0 aliphatic rings. The third-order valence-corrected chi connectivity index (χ3v) is 6.08. The standard InChI is InChI=1S/C27H32N6O6/c1-15(28)24(35)31-20(11-16-7-3-2-4-8-16)25(36)32-21(26(37)33-22(27(38)39)13-23(29)34)12-17-14-30-19-10-6-5-9-18(17)19/h2-10,14-15,20-22,30H,11-13,28H2,1H3,(H2,29,34)(H,31,35)(H,32,36)(H,33,37)(H,38,39)/t15-,20-,21-,22-/m0/s1. The number of rotatable bonds is 13. The van der Waals surface area contributed by atoms with Crippen LogP contribution in [0.4, 0.5) is 0 Å². The van der Waals surface area contributed by atoms with E-state index < -0.39 is 60.2 Å². The number of benzene rings is 2. The van der Waals surface area contributed by atoms with Crippen LogP contribution < -0.4 is 27.4 Å². The van der Waals surface area contributed by atoms with Crippen molar-refractivity contribution in [2.24, 2.45) is 11.5 Å². The van der Waals surface area contributed by atoms with E-state index in [9.17, 15) is 29.1 Å². The lowest BCUT2D eigenvalue weighted by atomic mass is 10.0. The lowest BCUT2D eigenvalue weighted by molar-refractivity contribution is -0.143. The van der Waals surface area contributed by atoms with Crippen LogP contribution in [0.5, 0.6) is 0 Å². The van der Waals surface area contributed by atoms with Gasteiger partial charge in [-0.1, -0.05) is 48.5 Å². The Hall–Kier alpha value is -4.71. The van der Waals surface area contributed by atoms with Crippen LogP contribution in [0.2, 0.25) is 0 Å². The molecule has 12 nitrogen and oxygen atoms in total. The molecule has 0 aliphatic carbocycles. The number of amides is 4. The highest BCUT2D eigenvalue weighted by Gasteiger charge is 2.31. The first-order chi connectivity index (χ1) is 18.5. The van der Waals surface area contributed by atoms with Gasteiger partial charge >= 0.3 is 5.97 Å². The van der Waals surface area contributed by atoms with Crippen molar-refractivity contribution in [1.82, 2.24) is 20.9 Å². The van der Waals surface area contributed by atoms with Crippen LogP contribution in [0.15, 0.2) is 60.8 Å². The van der Waals surface area contributed by atoms with Crippen molar-refractivity contribution in [3.8, 4) is 0 Å². The number of nitrogens with one attached hydrogen (secondary N) is 4. The minimum atomic E-state index is -1.59. The first-order valence-corrected chi connectivity index (χ1v) is 12.3. The SMILES string of the molecule is C[C@H](N)C(=O)N[C@@H](Cc1ccccc1)C(=O)N[C@@H](Cc1c[nH]c2ccccc12)C(=O)N[C@@H](CC(N)=O)C(=O)O. The molecule has 9 N–H and O–H groups in total. The summed E-state index contributed by atoms with van der Waals surface area (Å²) in [6.07, 6.45) is 1.17. The van der Waals surface area contributed by atoms with Gasteiger partial charge in [-0.15, -0.1) is 0 Å². The molecule has 0 bridgehead atoms. The zero-order valence-electron chi connectivity index (χ0n) is 21.3. The molecule has 4 amide bonds. The predicted octanol–water partition coefficient (Wildman–Crippen LogP) is -0.285. The summed E-state index contributed by atoms with van der Waals surface area (Å²) in [7, 11) is 0. The minimum Gasteiger partial charge on any atom is -0.480 e. The summed E-state index contributed by atoms with van der Waals surface area (Å²) in [4.78, 5) is 65.2. The molecule has 0 fully saturated rings. The maximum absolute atomic E-state index is 13.5. The van der Waals surface area contributed by atoms with Crippen molar-refractivity contribution in [1.29, 1.82) is 0 Å². The molecular weight excluding hydrogens is 504 g/mol. The number of hydrogen-bond donors (Lipinski definition) is 7. The van der Waals surface area contributed by atoms with Gasteiger partial charge in [0.2, 0.25) is 23.6 Å². The van der Waals surface area contributed by atoms with Crippen molar-refractivity contribution in [3.63, 3.8) is 0 Å². The zero-order chi connectivity index (χ0) is 28.5. The van der Waals surface area contributed by atoms with Crippen molar-refractivity contribution >= 4 is 40.5 Å². The molecule has 0 saturated carbocycles. The smallest absolute Gasteiger partial charge is 0.326 e. The van der Waals surface area contributed by atoms with Crippen LogP contribution in [0.1, 0.15) is 24.5 Å². The highest BCUT2D eigenvalue weighted by molar-refractivity contribution is 5.95. The fourth-order valence-corrected chi connectivity index (χ4v) is 4.04. The monoisotopic (exact) mass is 536 g/mol. The average Bonchev–Trinajstić information content (AvgIpc) is 3.30. The molecule has 0 spiro atoms. The van der Waals surface area contributed by atoms with Crippen molar-refractivity contribution in [3.05, 3.63) is 71.9 Å². The highest BCUT2D eigenvalue weighted by atomic mass is 16.4. The van der Waals surface area contributed by atoms with Crippen molar-refractivity contribution in [2.75, 3.05) is 0 Å². The van der Waals surface area contributed by atoms with E-state index in [0.29, 0.717) is 5.56 Å². The second kappa shape index (κ2) is 13.2. The first-order valence-electron chi connectivity index (χ1n) is 12.3. The first kappa shape index (κ1) is 28.9. The summed E-state index contributed by atoms with van der Waals surface area (Å²) in [5, 5.41) is 17.8. The Labute approximate surface area is 224 Å². The molecule has 0 radical (unpaired) electrons. The van der Waals surface area contributed by atoms with E-state index in [2.05, 4.69) is 20.9 Å². The van der Waals surface area contributed by atoms with E-state index >= 15 is 0 Å². The van der Waals surface area contributed by atoms with Crippen LogP contribution in [0.25, 0.3) is 10.9 Å². The van der Waals surface area contributed by atoms with E-state index in [4.69, 9.17) is 11.5 Å². The van der Waals surface area contributed by atoms with Gasteiger partial charge in [0.05, 0.1) is 12.5 Å². The largest absolute Gasteiger partial charge is 0.480 e. The van der Waals surface area contributed by atoms with E-state index in [1.54, 1.807) is 30.5 Å². The second-order valence-corrected chi connectivity index (χ2v) is 9.23. The third-order valence-electron chi connectivity index (χ3n) is 6.08. The Morgan fingerprint density at radius 2 is 1.38 bits per heavy atom. The molecule has 1 heterocycles. The van der Waals surface area contributed by atoms with Crippen molar-refractivity contribution in [2.45, 2.75) is 50.4 Å². The average molecular weight is 537 g/mol. The number of carbonyl (C=O) groups excluding carboxylic acids is 4. The molecule has 0 unspecified atom stereocenters. The van der Waals surface area contributed by atoms with E-state index in [1.807, 2.05) is 30.3 Å². The number of fused-ring (bicyclic) bond motifs is 1. The van der Waals surface area contributed by atoms with Crippen LogP contribution in [-0.2, 0) is 36.8 Å². The predicted molar refractivity (Wildman–Crippen MR) is 143 cm³/mol. The van der Waals surface area contributed by atoms with Crippen LogP contribution >= 0.6 is 0 Å². The van der Waals surface area contributed by atoms with Gasteiger partial charge in [-0.3, -0.25) is 19.2 Å². The maximum atomic E-state index is 13.5. The molecule has 12 heteroatoms. The Morgan fingerprint density at radius 3 is 2.00 bits per heavy atom. The van der Waals surface area contributed by atoms with Gasteiger partial charge in [0.15, 0.2) is 0 Å². The molecule has 3 aromatic rings. The van der Waals surface area contributed by atoms with Gasteiger partial charge in [-0.25, -0.2) is 4.79 Å². The number of aromatic amines is 1. The van der Waals surface area contributed by atoms with Gasteiger partial charge in [-0.2, -0.15) is 0 Å². The Bertz CT molecular complexity index is 1340. The Kier molecular flexibility index (Phi) is 9.76. The second-order valence-electron chi connectivity index (χ2n) is 9.23. The molecule has 39 heavy (non-hydrogen) atoms. The van der Waals surface area contributed by atoms with E-state index in [0.717, 1.165) is 16.5 Å². The van der Waals surface area contributed by atoms with E-state index in [-0.39, 0.29) is 12.8 Å². The lowest BCUT2D eigenvalue weighted by Gasteiger charge is -2.25. The summed E-state index contributed by atoms with van der Waals surface area (Å²) in [5.41, 5.74) is 13.1. The Balaban J connectivity index is 1.90. The van der Waals surface area contributed by atoms with Gasteiger partial charge in [0, 0.05) is 29.9 Å². The maximum Gasteiger partial charge on any atom is 0.326 e. The van der Waals surface area contributed by atoms with Gasteiger partial charge < -0.3 is 37.5 Å². The molecule has 0 saturated heterocycles. The molecule has 3 rings (SSSR count). The summed E-state index contributed by atoms with van der Waals surface area (Å²) in [6, 6.07) is 11.5. The summed E-state index contributed by atoms with van der Waals surface area (Å²) in [5.74, 6) is -4.43. The van der Waals surface area contributed by atoms with Crippen LogP contribution in [0.3, 0.4) is 0 Å². The lowest BCUT2D eigenvalue weighted by Crippen LogP contribution is -2.58. The summed E-state index contributed by atoms with van der Waals surface area (Å²) >= 11 is 0. The summed E-state index contributed by atoms with van der Waals surface area (Å²) in [6.45, 7) is 1.48. The van der Waals surface area contributed by atoms with E-state index in [1.165, 1.54) is 6.92 Å². The fraction of sp³-hybridized carbons (Fsp3) is 0.296. The number of carboxylic acid groups (broad SMARTS) is 1. The number of primary amides is 1. The van der Waals surface area contributed by atoms with Gasteiger partial charge in [-0.05, 0) is 24.1 Å². The number of H-pyrrole nitrogens is 1. The van der Waals surface area contributed by atoms with Gasteiger partial charge in [0.1, 0.15) is 18.1 Å². The number of nitrogens with two attached hydrogens (primary N) is 2.